The van der Waals surface area contributed by atoms with Crippen molar-refractivity contribution in [3.63, 3.8) is 0 Å². The summed E-state index contributed by atoms with van der Waals surface area (Å²) < 4.78 is 26.1. The Balaban J connectivity index is 1.83. The third-order valence-corrected chi connectivity index (χ3v) is 6.96. The third-order valence-electron chi connectivity index (χ3n) is 4.17. The van der Waals surface area contributed by atoms with E-state index in [2.05, 4.69) is 0 Å². The van der Waals surface area contributed by atoms with Crippen LogP contribution in [0.15, 0.2) is 48.5 Å². The van der Waals surface area contributed by atoms with Gasteiger partial charge in [-0.15, -0.1) is 0 Å². The first-order chi connectivity index (χ1) is 13.4. The van der Waals surface area contributed by atoms with E-state index >= 15 is 0 Å². The SMILES string of the molecule is O=C(CN1CC(O)CCOP1(=O)c1ccc(Oc2ccc(Cl)cc2)cc1)NO. The first-order valence-electron chi connectivity index (χ1n) is 8.56. The number of hydroxylamine groups is 1. The van der Waals surface area contributed by atoms with Gasteiger partial charge in [0.15, 0.2) is 0 Å². The fraction of sp³-hybridized carbons (Fsp3) is 0.278. The average molecular weight is 427 g/mol. The zero-order valence-corrected chi connectivity index (χ0v) is 16.5. The number of carbonyl (C=O) groups is 1. The Hall–Kier alpha value is -1.93. The summed E-state index contributed by atoms with van der Waals surface area (Å²) in [5.41, 5.74) is 1.51. The lowest BCUT2D eigenvalue weighted by molar-refractivity contribution is -0.129. The molecule has 3 rings (SSSR count). The summed E-state index contributed by atoms with van der Waals surface area (Å²) in [6.45, 7) is -0.319. The fourth-order valence-electron chi connectivity index (χ4n) is 2.77. The normalized spacial score (nSPS) is 23.0. The number of β-amino-alcohol motifs (C(OH)–C–C–N with tert-alkyl or cyclic N) is 1. The van der Waals surface area contributed by atoms with Crippen molar-refractivity contribution >= 4 is 30.3 Å². The fourth-order valence-corrected chi connectivity index (χ4v) is 5.14. The molecule has 1 amide bonds. The average Bonchev–Trinajstić information content (AvgIpc) is 2.83. The molecule has 1 heterocycles. The summed E-state index contributed by atoms with van der Waals surface area (Å²) >= 11 is 5.85. The van der Waals surface area contributed by atoms with Crippen LogP contribution in [0.5, 0.6) is 11.5 Å². The van der Waals surface area contributed by atoms with Crippen molar-refractivity contribution < 1.29 is 28.9 Å². The van der Waals surface area contributed by atoms with E-state index in [4.69, 9.17) is 26.1 Å². The molecule has 1 aliphatic rings. The maximum atomic E-state index is 13.6. The van der Waals surface area contributed by atoms with Crippen molar-refractivity contribution in [3.8, 4) is 11.5 Å². The highest BCUT2D eigenvalue weighted by atomic mass is 35.5. The van der Waals surface area contributed by atoms with Gasteiger partial charge in [0.2, 0.25) is 0 Å². The summed E-state index contributed by atoms with van der Waals surface area (Å²) in [5.74, 6) is 0.367. The van der Waals surface area contributed by atoms with E-state index in [1.54, 1.807) is 48.5 Å². The molecule has 2 aromatic carbocycles. The van der Waals surface area contributed by atoms with Crippen molar-refractivity contribution in [2.45, 2.75) is 12.5 Å². The standard InChI is InChI=1S/C18H20ClN2O6P/c19-13-1-3-15(4-2-13)27-16-5-7-17(8-6-16)28(25)21(12-18(23)20-24)11-14(22)9-10-26-28/h1-8,14,22,24H,9-12H2,(H,20,23). The smallest absolute Gasteiger partial charge is 0.302 e. The number of aliphatic hydroxyl groups is 1. The lowest BCUT2D eigenvalue weighted by Crippen LogP contribution is -2.39. The van der Waals surface area contributed by atoms with Gasteiger partial charge >= 0.3 is 7.52 Å². The minimum absolute atomic E-state index is 0.0201. The first-order valence-corrected chi connectivity index (χ1v) is 10.5. The molecule has 2 aromatic rings. The van der Waals surface area contributed by atoms with Gasteiger partial charge in [0.25, 0.3) is 5.91 Å². The van der Waals surface area contributed by atoms with Gasteiger partial charge in [-0.3, -0.25) is 14.6 Å². The number of carbonyl (C=O) groups excluding carboxylic acids is 1. The molecule has 2 unspecified atom stereocenters. The number of aliphatic hydroxyl groups excluding tert-OH is 1. The van der Waals surface area contributed by atoms with Crippen LogP contribution in [0, 0.1) is 0 Å². The number of hydrogen-bond acceptors (Lipinski definition) is 6. The summed E-state index contributed by atoms with van der Waals surface area (Å²) in [4.78, 5) is 11.6. The molecule has 0 aliphatic carbocycles. The number of hydrogen-bond donors (Lipinski definition) is 3. The topological polar surface area (TPSA) is 108 Å². The van der Waals surface area contributed by atoms with E-state index in [1.165, 1.54) is 10.2 Å². The summed E-state index contributed by atoms with van der Waals surface area (Å²) in [7, 11) is -3.60. The molecule has 1 saturated heterocycles. The lowest BCUT2D eigenvalue weighted by atomic mass is 10.2. The zero-order valence-electron chi connectivity index (χ0n) is 14.8. The number of halogens is 1. The molecule has 150 valence electrons. The van der Waals surface area contributed by atoms with Gasteiger partial charge in [0.05, 0.1) is 24.6 Å². The Labute approximate surface area is 167 Å². The van der Waals surface area contributed by atoms with Crippen LogP contribution in [0.2, 0.25) is 5.02 Å². The summed E-state index contributed by atoms with van der Waals surface area (Å²) in [5, 5.41) is 19.7. The number of ether oxygens (including phenoxy) is 1. The second kappa shape index (κ2) is 9.05. The molecule has 28 heavy (non-hydrogen) atoms. The highest BCUT2D eigenvalue weighted by molar-refractivity contribution is 7.64. The van der Waals surface area contributed by atoms with Crippen LogP contribution in [0.25, 0.3) is 0 Å². The zero-order chi connectivity index (χ0) is 20.1. The Kier molecular flexibility index (Phi) is 6.72. The Morgan fingerprint density at radius 3 is 2.43 bits per heavy atom. The van der Waals surface area contributed by atoms with Crippen molar-refractivity contribution in [3.05, 3.63) is 53.6 Å². The Morgan fingerprint density at radius 1 is 1.21 bits per heavy atom. The predicted molar refractivity (Wildman–Crippen MR) is 103 cm³/mol. The van der Waals surface area contributed by atoms with Crippen molar-refractivity contribution in [2.75, 3.05) is 19.7 Å². The number of nitrogens with one attached hydrogen (secondary N) is 1. The van der Waals surface area contributed by atoms with Crippen molar-refractivity contribution in [2.24, 2.45) is 0 Å². The Bertz CT molecular complexity index is 861. The molecule has 10 heteroatoms. The minimum Gasteiger partial charge on any atom is -0.457 e. The third kappa shape index (κ3) is 4.91. The molecular formula is C18H20ClN2O6P. The van der Waals surface area contributed by atoms with Gasteiger partial charge < -0.3 is 14.4 Å². The van der Waals surface area contributed by atoms with Gasteiger partial charge in [-0.25, -0.2) is 10.2 Å². The molecule has 0 aromatic heterocycles. The second-order valence-electron chi connectivity index (χ2n) is 6.23. The molecule has 0 bridgehead atoms. The van der Waals surface area contributed by atoms with Gasteiger partial charge in [0.1, 0.15) is 11.5 Å². The monoisotopic (exact) mass is 426 g/mol. The van der Waals surface area contributed by atoms with Gasteiger partial charge in [-0.2, -0.15) is 0 Å². The van der Waals surface area contributed by atoms with Crippen LogP contribution in [0.1, 0.15) is 6.42 Å². The van der Waals surface area contributed by atoms with Crippen molar-refractivity contribution in [1.82, 2.24) is 10.2 Å². The Morgan fingerprint density at radius 2 is 1.82 bits per heavy atom. The number of nitrogens with zero attached hydrogens (tertiary/aromatic N) is 1. The van der Waals surface area contributed by atoms with Gasteiger partial charge in [-0.05, 0) is 55.0 Å². The van der Waals surface area contributed by atoms with Crippen LogP contribution in [-0.2, 0) is 13.9 Å². The largest absolute Gasteiger partial charge is 0.457 e. The molecular weight excluding hydrogens is 407 g/mol. The predicted octanol–water partition coefficient (Wildman–Crippen LogP) is 2.54. The maximum absolute atomic E-state index is 13.6. The maximum Gasteiger partial charge on any atom is 0.302 e. The molecule has 2 atom stereocenters. The van der Waals surface area contributed by atoms with Crippen LogP contribution >= 0.6 is 19.1 Å². The van der Waals surface area contributed by atoms with Crippen molar-refractivity contribution in [1.29, 1.82) is 0 Å². The highest BCUT2D eigenvalue weighted by Crippen LogP contribution is 2.51. The molecule has 1 fully saturated rings. The van der Waals surface area contributed by atoms with Crippen LogP contribution in [0.4, 0.5) is 0 Å². The molecule has 0 saturated carbocycles. The summed E-state index contributed by atoms with van der Waals surface area (Å²) in [6.07, 6.45) is -0.506. The van der Waals surface area contributed by atoms with Crippen LogP contribution in [0.3, 0.4) is 0 Å². The summed E-state index contributed by atoms with van der Waals surface area (Å²) in [6, 6.07) is 13.3. The van der Waals surface area contributed by atoms with E-state index in [1.807, 2.05) is 0 Å². The van der Waals surface area contributed by atoms with Gasteiger partial charge in [0, 0.05) is 11.6 Å². The minimum atomic E-state index is -3.60. The van der Waals surface area contributed by atoms with E-state index in [-0.39, 0.29) is 19.7 Å². The number of amides is 1. The molecule has 0 radical (unpaired) electrons. The molecule has 8 nitrogen and oxygen atoms in total. The van der Waals surface area contributed by atoms with E-state index in [0.29, 0.717) is 28.2 Å². The van der Waals surface area contributed by atoms with Crippen LogP contribution in [-0.4, -0.2) is 46.7 Å². The second-order valence-corrected chi connectivity index (χ2v) is 9.05. The van der Waals surface area contributed by atoms with E-state index < -0.39 is 19.5 Å². The quantitative estimate of drug-likeness (QED) is 0.383. The number of benzene rings is 2. The molecule has 1 aliphatic heterocycles. The lowest BCUT2D eigenvalue weighted by Gasteiger charge is -2.29. The highest BCUT2D eigenvalue weighted by Gasteiger charge is 2.38. The number of rotatable bonds is 5. The van der Waals surface area contributed by atoms with Crippen LogP contribution < -0.4 is 15.5 Å². The molecule has 0 spiro atoms. The van der Waals surface area contributed by atoms with E-state index in [9.17, 15) is 14.5 Å². The first kappa shape index (κ1) is 20.8. The molecule has 3 N–H and O–H groups in total. The van der Waals surface area contributed by atoms with Gasteiger partial charge in [-0.1, -0.05) is 11.6 Å². The van der Waals surface area contributed by atoms with E-state index in [0.717, 1.165) is 0 Å².